The van der Waals surface area contributed by atoms with E-state index in [4.69, 9.17) is 23.8 Å². The molecule has 2 nitrogen and oxygen atoms in total. The average molecular weight is 413 g/mol. The maximum absolute atomic E-state index is 5.96. The van der Waals surface area contributed by atoms with Crippen LogP contribution in [0.2, 0.25) is 5.02 Å². The van der Waals surface area contributed by atoms with Crippen molar-refractivity contribution in [1.82, 2.24) is 5.32 Å². The molecule has 18 heavy (non-hydrogen) atoms. The van der Waals surface area contributed by atoms with Gasteiger partial charge in [0.15, 0.2) is 5.11 Å². The van der Waals surface area contributed by atoms with Crippen molar-refractivity contribution >= 4 is 66.5 Å². The van der Waals surface area contributed by atoms with Crippen molar-refractivity contribution in [3.63, 3.8) is 0 Å². The molecule has 0 atom stereocenters. The first-order valence-electron chi connectivity index (χ1n) is 5.78. The maximum atomic E-state index is 5.96. The van der Waals surface area contributed by atoms with Crippen LogP contribution < -0.4 is 10.6 Å². The number of nitrogens with one attached hydrogen (secondary N) is 2. The lowest BCUT2D eigenvalue weighted by Gasteiger charge is -2.17. The topological polar surface area (TPSA) is 24.1 Å². The van der Waals surface area contributed by atoms with Crippen molar-refractivity contribution in [1.29, 1.82) is 0 Å². The van der Waals surface area contributed by atoms with E-state index in [1.165, 1.54) is 25.7 Å². The second kappa shape index (κ2) is 6.55. The molecule has 1 aromatic rings. The number of hydrogen-bond acceptors (Lipinski definition) is 1. The van der Waals surface area contributed by atoms with Gasteiger partial charge in [0, 0.05) is 20.0 Å². The van der Waals surface area contributed by atoms with Crippen LogP contribution in [0.3, 0.4) is 0 Å². The highest BCUT2D eigenvalue weighted by Gasteiger charge is 2.16. The van der Waals surface area contributed by atoms with Crippen molar-refractivity contribution in [2.45, 2.75) is 31.7 Å². The van der Waals surface area contributed by atoms with Gasteiger partial charge in [0.25, 0.3) is 0 Å². The van der Waals surface area contributed by atoms with Gasteiger partial charge in [-0.1, -0.05) is 24.4 Å². The van der Waals surface area contributed by atoms with Gasteiger partial charge in [-0.2, -0.15) is 0 Å². The summed E-state index contributed by atoms with van der Waals surface area (Å²) in [4.78, 5) is 0. The smallest absolute Gasteiger partial charge is 0.171 e. The van der Waals surface area contributed by atoms with Gasteiger partial charge < -0.3 is 10.6 Å². The molecule has 0 spiro atoms. The fourth-order valence-corrected chi connectivity index (χ4v) is 4.20. The third-order valence-electron chi connectivity index (χ3n) is 2.94. The highest BCUT2D eigenvalue weighted by atomic mass is 79.9. The van der Waals surface area contributed by atoms with E-state index < -0.39 is 0 Å². The quantitative estimate of drug-likeness (QED) is 0.662. The Hall–Kier alpha value is 0.160. The molecule has 0 aliphatic heterocycles. The molecule has 1 aliphatic carbocycles. The summed E-state index contributed by atoms with van der Waals surface area (Å²) in [6, 6.07) is 4.19. The molecule has 98 valence electrons. The van der Waals surface area contributed by atoms with Gasteiger partial charge >= 0.3 is 0 Å². The Bertz CT molecular complexity index is 438. The van der Waals surface area contributed by atoms with Crippen molar-refractivity contribution in [2.24, 2.45) is 0 Å². The van der Waals surface area contributed by atoms with Gasteiger partial charge in [0.2, 0.25) is 0 Å². The van der Waals surface area contributed by atoms with Crippen molar-refractivity contribution in [3.05, 3.63) is 26.1 Å². The summed E-state index contributed by atoms with van der Waals surface area (Å²) in [6.45, 7) is 0. The maximum Gasteiger partial charge on any atom is 0.171 e. The Kier molecular flexibility index (Phi) is 5.30. The molecule has 0 bridgehead atoms. The molecule has 1 fully saturated rings. The molecule has 0 aromatic heterocycles. The van der Waals surface area contributed by atoms with E-state index in [0.29, 0.717) is 16.2 Å². The third kappa shape index (κ3) is 3.83. The van der Waals surface area contributed by atoms with Crippen LogP contribution in [0.4, 0.5) is 5.69 Å². The van der Waals surface area contributed by atoms with Crippen molar-refractivity contribution < 1.29 is 0 Å². The van der Waals surface area contributed by atoms with Crippen LogP contribution in [-0.2, 0) is 0 Å². The van der Waals surface area contributed by atoms with Crippen molar-refractivity contribution in [2.75, 3.05) is 5.32 Å². The second-order valence-electron chi connectivity index (χ2n) is 4.32. The lowest BCUT2D eigenvalue weighted by molar-refractivity contribution is 0.634. The largest absolute Gasteiger partial charge is 0.360 e. The van der Waals surface area contributed by atoms with E-state index in [2.05, 4.69) is 42.5 Å². The van der Waals surface area contributed by atoms with E-state index in [1.807, 2.05) is 12.1 Å². The number of thiocarbonyl (C=S) groups is 1. The number of anilines is 1. The average Bonchev–Trinajstić information content (AvgIpc) is 2.76. The van der Waals surface area contributed by atoms with Gasteiger partial charge in [-0.3, -0.25) is 0 Å². The summed E-state index contributed by atoms with van der Waals surface area (Å²) in [5.41, 5.74) is 0.898. The zero-order valence-corrected chi connectivity index (χ0v) is 14.3. The summed E-state index contributed by atoms with van der Waals surface area (Å²) in [5.74, 6) is 0. The number of hydrogen-bond donors (Lipinski definition) is 2. The molecular formula is C12H13Br2ClN2S. The Balaban J connectivity index is 2.02. The molecule has 1 aliphatic rings. The van der Waals surface area contributed by atoms with Crippen molar-refractivity contribution in [3.8, 4) is 0 Å². The first-order chi connectivity index (χ1) is 8.56. The minimum atomic E-state index is 0.509. The normalized spacial score (nSPS) is 15.7. The summed E-state index contributed by atoms with van der Waals surface area (Å²) in [7, 11) is 0. The minimum absolute atomic E-state index is 0.509. The third-order valence-corrected chi connectivity index (χ3v) is 4.62. The minimum Gasteiger partial charge on any atom is -0.360 e. The van der Waals surface area contributed by atoms with Gasteiger partial charge in [0.05, 0.1) is 5.69 Å². The summed E-state index contributed by atoms with van der Waals surface area (Å²) < 4.78 is 1.77. The number of benzene rings is 1. The van der Waals surface area contributed by atoms with E-state index >= 15 is 0 Å². The fourth-order valence-electron chi connectivity index (χ4n) is 2.07. The molecule has 2 rings (SSSR count). The van der Waals surface area contributed by atoms with Gasteiger partial charge in [-0.25, -0.2) is 0 Å². The van der Waals surface area contributed by atoms with E-state index in [1.54, 1.807) is 0 Å². The Morgan fingerprint density at radius 1 is 1.22 bits per heavy atom. The van der Waals surface area contributed by atoms with Crippen LogP contribution >= 0.6 is 55.7 Å². The Labute approximate surface area is 134 Å². The highest BCUT2D eigenvalue weighted by Crippen LogP contribution is 2.34. The van der Waals surface area contributed by atoms with Crippen LogP contribution in [0, 0.1) is 0 Å². The zero-order valence-electron chi connectivity index (χ0n) is 9.60. The van der Waals surface area contributed by atoms with Gasteiger partial charge in [-0.15, -0.1) is 0 Å². The first kappa shape index (κ1) is 14.6. The lowest BCUT2D eigenvalue weighted by Crippen LogP contribution is -2.36. The molecule has 0 radical (unpaired) electrons. The lowest BCUT2D eigenvalue weighted by atomic mass is 10.2. The Morgan fingerprint density at radius 3 is 2.33 bits per heavy atom. The van der Waals surface area contributed by atoms with Crippen LogP contribution in [0.1, 0.15) is 25.7 Å². The zero-order chi connectivity index (χ0) is 13.1. The van der Waals surface area contributed by atoms with Crippen LogP contribution in [-0.4, -0.2) is 11.2 Å². The summed E-state index contributed by atoms with van der Waals surface area (Å²) in [6.07, 6.45) is 4.97. The van der Waals surface area contributed by atoms with Crippen LogP contribution in [0.15, 0.2) is 21.1 Å². The molecule has 2 N–H and O–H groups in total. The molecule has 1 aromatic carbocycles. The highest BCUT2D eigenvalue weighted by molar-refractivity contribution is 9.11. The molecule has 6 heteroatoms. The Morgan fingerprint density at radius 2 is 1.78 bits per heavy atom. The second-order valence-corrected chi connectivity index (χ2v) is 6.88. The molecule has 0 amide bonds. The predicted molar refractivity (Wildman–Crippen MR) is 88.5 cm³/mol. The van der Waals surface area contributed by atoms with Crippen LogP contribution in [0.25, 0.3) is 0 Å². The molecular weight excluding hydrogens is 399 g/mol. The predicted octanol–water partition coefficient (Wildman–Crippen LogP) is 5.09. The first-order valence-corrected chi connectivity index (χ1v) is 8.15. The van der Waals surface area contributed by atoms with E-state index in [0.717, 1.165) is 14.6 Å². The summed E-state index contributed by atoms with van der Waals surface area (Å²) in [5, 5.41) is 7.88. The van der Waals surface area contributed by atoms with E-state index in [9.17, 15) is 0 Å². The fraction of sp³-hybridized carbons (Fsp3) is 0.417. The molecule has 0 heterocycles. The molecule has 0 unspecified atom stereocenters. The number of halogens is 3. The SMILES string of the molecule is S=C(Nc1c(Br)cc(Cl)cc1Br)NC1CCCC1. The van der Waals surface area contributed by atoms with Crippen LogP contribution in [0.5, 0.6) is 0 Å². The van der Waals surface area contributed by atoms with Gasteiger partial charge in [0.1, 0.15) is 0 Å². The summed E-state index contributed by atoms with van der Waals surface area (Å²) >= 11 is 18.2. The molecule has 1 saturated carbocycles. The van der Waals surface area contributed by atoms with E-state index in [-0.39, 0.29) is 0 Å². The standard InChI is InChI=1S/C12H13Br2ClN2S/c13-9-5-7(15)6-10(14)11(9)17-12(18)16-8-3-1-2-4-8/h5-6,8H,1-4H2,(H2,16,17,18). The van der Waals surface area contributed by atoms with Gasteiger partial charge in [-0.05, 0) is 69.1 Å². The molecule has 0 saturated heterocycles. The monoisotopic (exact) mass is 410 g/mol. The number of rotatable bonds is 2.